The van der Waals surface area contributed by atoms with Crippen LogP contribution in [0.1, 0.15) is 33.1 Å². The van der Waals surface area contributed by atoms with Gasteiger partial charge < -0.3 is 5.32 Å². The van der Waals surface area contributed by atoms with E-state index in [0.29, 0.717) is 4.83 Å². The summed E-state index contributed by atoms with van der Waals surface area (Å²) in [7, 11) is 0. The highest BCUT2D eigenvalue weighted by Crippen LogP contribution is 2.26. The van der Waals surface area contributed by atoms with Crippen LogP contribution in [0.3, 0.4) is 0 Å². The van der Waals surface area contributed by atoms with Crippen LogP contribution in [0.2, 0.25) is 0 Å². The Kier molecular flexibility index (Phi) is 5.31. The largest absolute Gasteiger partial charge is 0.353 e. The molecule has 0 radical (unpaired) electrons. The number of alkyl halides is 1. The fourth-order valence-electron chi connectivity index (χ4n) is 1.67. The number of thioether (sulfide) groups is 1. The van der Waals surface area contributed by atoms with E-state index in [1.165, 1.54) is 6.42 Å². The minimum absolute atomic E-state index is 0.211. The van der Waals surface area contributed by atoms with Gasteiger partial charge in [-0.05, 0) is 31.9 Å². The van der Waals surface area contributed by atoms with Gasteiger partial charge in [0.2, 0.25) is 5.91 Å². The molecule has 0 spiro atoms. The van der Waals surface area contributed by atoms with Crippen molar-refractivity contribution in [2.24, 2.45) is 0 Å². The van der Waals surface area contributed by atoms with Crippen molar-refractivity contribution in [3.8, 4) is 0 Å². The predicted molar refractivity (Wildman–Crippen MR) is 66.1 cm³/mol. The molecule has 1 saturated heterocycles. The molecule has 2 nitrogen and oxygen atoms in total. The highest BCUT2D eigenvalue weighted by molar-refractivity contribution is 9.09. The summed E-state index contributed by atoms with van der Waals surface area (Å²) in [5.41, 5.74) is 0. The highest BCUT2D eigenvalue weighted by Gasteiger charge is 2.24. The molecule has 82 valence electrons. The number of carbonyl (C=O) groups is 1. The zero-order valence-electron chi connectivity index (χ0n) is 8.75. The zero-order valence-corrected chi connectivity index (χ0v) is 11.2. The van der Waals surface area contributed by atoms with Gasteiger partial charge in [-0.15, -0.1) is 11.8 Å². The van der Waals surface area contributed by atoms with Crippen LogP contribution < -0.4 is 5.32 Å². The van der Waals surface area contributed by atoms with Crippen LogP contribution in [-0.4, -0.2) is 27.8 Å². The Hall–Kier alpha value is 0.300. The third-order valence-corrected chi connectivity index (χ3v) is 4.04. The first-order valence-electron chi connectivity index (χ1n) is 5.15. The van der Waals surface area contributed by atoms with E-state index in [2.05, 4.69) is 35.1 Å². The molecule has 3 unspecified atom stereocenters. The van der Waals surface area contributed by atoms with Gasteiger partial charge >= 0.3 is 0 Å². The molecular weight excluding hydrogens is 262 g/mol. The molecular formula is C10H18BrNOS. The van der Waals surface area contributed by atoms with Gasteiger partial charge in [0, 0.05) is 10.9 Å². The number of hydrogen-bond acceptors (Lipinski definition) is 2. The fraction of sp³-hybridized carbons (Fsp3) is 0.900. The summed E-state index contributed by atoms with van der Waals surface area (Å²) in [4.78, 5) is 12.2. The van der Waals surface area contributed by atoms with Gasteiger partial charge in [0.15, 0.2) is 0 Å². The lowest BCUT2D eigenvalue weighted by Gasteiger charge is -2.17. The van der Waals surface area contributed by atoms with Gasteiger partial charge in [-0.3, -0.25) is 4.79 Å². The number of halogens is 1. The predicted octanol–water partition coefficient (Wildman–Crippen LogP) is 2.56. The lowest BCUT2D eigenvalue weighted by Crippen LogP contribution is -2.38. The smallest absolute Gasteiger partial charge is 0.233 e. The Balaban J connectivity index is 2.25. The summed E-state index contributed by atoms with van der Waals surface area (Å²) in [5.74, 6) is 1.37. The molecule has 0 aromatic heterocycles. The first-order chi connectivity index (χ1) is 6.59. The maximum Gasteiger partial charge on any atom is 0.233 e. The summed E-state index contributed by atoms with van der Waals surface area (Å²) in [6, 6.07) is 0.276. The molecule has 1 rings (SSSR count). The Morgan fingerprint density at radius 3 is 2.86 bits per heavy atom. The van der Waals surface area contributed by atoms with Gasteiger partial charge in [-0.2, -0.15) is 0 Å². The molecule has 0 bridgehead atoms. The van der Waals surface area contributed by atoms with Gasteiger partial charge in [-0.1, -0.05) is 22.9 Å². The van der Waals surface area contributed by atoms with Crippen molar-refractivity contribution in [3.05, 3.63) is 0 Å². The molecule has 1 amide bonds. The van der Waals surface area contributed by atoms with E-state index in [9.17, 15) is 4.79 Å². The Morgan fingerprint density at radius 2 is 2.36 bits per heavy atom. The number of rotatable bonds is 4. The summed E-state index contributed by atoms with van der Waals surface area (Å²) in [6.45, 7) is 4.17. The van der Waals surface area contributed by atoms with E-state index in [-0.39, 0.29) is 17.2 Å². The van der Waals surface area contributed by atoms with Crippen molar-refractivity contribution in [3.63, 3.8) is 0 Å². The Morgan fingerprint density at radius 1 is 1.64 bits per heavy atom. The minimum Gasteiger partial charge on any atom is -0.353 e. The van der Waals surface area contributed by atoms with E-state index in [1.54, 1.807) is 11.8 Å². The number of nitrogens with one attached hydrogen (secondary N) is 1. The van der Waals surface area contributed by atoms with E-state index < -0.39 is 0 Å². The van der Waals surface area contributed by atoms with Crippen LogP contribution in [0.4, 0.5) is 0 Å². The number of amides is 1. The SMILES string of the molecule is CC(Br)CC(C)NC(=O)C1CCCS1. The molecule has 3 atom stereocenters. The van der Waals surface area contributed by atoms with Crippen molar-refractivity contribution in [2.45, 2.75) is 49.2 Å². The van der Waals surface area contributed by atoms with Gasteiger partial charge in [0.1, 0.15) is 0 Å². The van der Waals surface area contributed by atoms with Crippen LogP contribution in [0.15, 0.2) is 0 Å². The van der Waals surface area contributed by atoms with Crippen LogP contribution in [0.25, 0.3) is 0 Å². The van der Waals surface area contributed by atoms with Crippen LogP contribution >= 0.6 is 27.7 Å². The second-order valence-electron chi connectivity index (χ2n) is 3.93. The first-order valence-corrected chi connectivity index (χ1v) is 7.12. The second kappa shape index (κ2) is 6.01. The van der Waals surface area contributed by atoms with Crippen molar-refractivity contribution in [1.82, 2.24) is 5.32 Å². The van der Waals surface area contributed by atoms with Crippen molar-refractivity contribution < 1.29 is 4.79 Å². The van der Waals surface area contributed by atoms with Crippen LogP contribution in [-0.2, 0) is 4.79 Å². The van der Waals surface area contributed by atoms with Crippen molar-refractivity contribution >= 4 is 33.6 Å². The highest BCUT2D eigenvalue weighted by atomic mass is 79.9. The molecule has 1 aliphatic rings. The quantitative estimate of drug-likeness (QED) is 0.802. The first kappa shape index (κ1) is 12.4. The average Bonchev–Trinajstić information content (AvgIpc) is 2.53. The van der Waals surface area contributed by atoms with E-state index in [4.69, 9.17) is 0 Å². The molecule has 1 N–H and O–H groups in total. The number of hydrogen-bond donors (Lipinski definition) is 1. The lowest BCUT2D eigenvalue weighted by molar-refractivity contribution is -0.121. The standard InChI is InChI=1S/C10H18BrNOS/c1-7(11)6-8(2)12-10(13)9-4-3-5-14-9/h7-9H,3-6H2,1-2H3,(H,12,13). The fourth-order valence-corrected chi connectivity index (χ4v) is 3.40. The van der Waals surface area contributed by atoms with Crippen LogP contribution in [0.5, 0.6) is 0 Å². The third-order valence-electron chi connectivity index (χ3n) is 2.29. The lowest BCUT2D eigenvalue weighted by atomic mass is 10.2. The van der Waals surface area contributed by atoms with Crippen molar-refractivity contribution in [2.75, 3.05) is 5.75 Å². The summed E-state index contributed by atoms with van der Waals surface area (Å²) in [6.07, 6.45) is 3.22. The Bertz CT molecular complexity index is 193. The van der Waals surface area contributed by atoms with Crippen LogP contribution in [0, 0.1) is 0 Å². The molecule has 0 aromatic carbocycles. The molecule has 1 fully saturated rings. The maximum atomic E-state index is 11.7. The molecule has 0 aromatic rings. The van der Waals surface area contributed by atoms with E-state index in [1.807, 2.05) is 0 Å². The summed E-state index contributed by atoms with van der Waals surface area (Å²) < 4.78 is 0. The van der Waals surface area contributed by atoms with Gasteiger partial charge in [0.05, 0.1) is 5.25 Å². The van der Waals surface area contributed by atoms with E-state index >= 15 is 0 Å². The molecule has 1 aliphatic heterocycles. The molecule has 0 aliphatic carbocycles. The van der Waals surface area contributed by atoms with Gasteiger partial charge in [-0.25, -0.2) is 0 Å². The normalized spacial score (nSPS) is 25.8. The number of carbonyl (C=O) groups excluding carboxylic acids is 1. The van der Waals surface area contributed by atoms with Crippen molar-refractivity contribution in [1.29, 1.82) is 0 Å². The average molecular weight is 280 g/mol. The maximum absolute atomic E-state index is 11.7. The topological polar surface area (TPSA) is 29.1 Å². The molecule has 0 saturated carbocycles. The third kappa shape index (κ3) is 4.22. The zero-order chi connectivity index (χ0) is 10.6. The molecule has 4 heteroatoms. The van der Waals surface area contributed by atoms with E-state index in [0.717, 1.165) is 18.6 Å². The monoisotopic (exact) mass is 279 g/mol. The summed E-state index contributed by atoms with van der Waals surface area (Å²) in [5, 5.41) is 3.27. The second-order valence-corrected chi connectivity index (χ2v) is 6.80. The Labute approximate surface area is 98.7 Å². The molecule has 1 heterocycles. The van der Waals surface area contributed by atoms with Gasteiger partial charge in [0.25, 0.3) is 0 Å². The minimum atomic E-state index is 0.211. The summed E-state index contributed by atoms with van der Waals surface area (Å²) >= 11 is 5.28. The molecule has 14 heavy (non-hydrogen) atoms.